The maximum atomic E-state index is 12.3. The van der Waals surface area contributed by atoms with E-state index in [1.807, 2.05) is 50.2 Å². The average molecular weight is 367 g/mol. The molecule has 0 aliphatic carbocycles. The fraction of sp³-hybridized carbons (Fsp3) is 0.150. The minimum atomic E-state index is -0.292. The summed E-state index contributed by atoms with van der Waals surface area (Å²) in [5.74, 6) is 0.285. The zero-order valence-corrected chi connectivity index (χ0v) is 15.3. The van der Waals surface area contributed by atoms with Crippen molar-refractivity contribution in [3.8, 4) is 0 Å². The normalized spacial score (nSPS) is 10.4. The molecule has 3 aromatic rings. The van der Waals surface area contributed by atoms with Crippen molar-refractivity contribution in [2.24, 2.45) is 0 Å². The Hall–Kier alpha value is -2.92. The monoisotopic (exact) mass is 366 g/mol. The van der Waals surface area contributed by atoms with Crippen molar-refractivity contribution in [2.75, 3.05) is 10.6 Å². The molecule has 2 N–H and O–H groups in total. The van der Waals surface area contributed by atoms with Gasteiger partial charge in [0.15, 0.2) is 5.69 Å². The van der Waals surface area contributed by atoms with E-state index in [-0.39, 0.29) is 11.6 Å². The second-order valence-corrected chi connectivity index (χ2v) is 6.49. The van der Waals surface area contributed by atoms with Gasteiger partial charge in [0, 0.05) is 17.3 Å². The lowest BCUT2D eigenvalue weighted by atomic mass is 10.1. The number of amides is 1. The number of nitrogens with one attached hydrogen (secondary N) is 2. The SMILES string of the molecule is Cc1cc(C)cc(NC(=O)c2ccc(NCc3ccccc3Cl)nn2)c1. The molecule has 0 bridgehead atoms. The predicted molar refractivity (Wildman–Crippen MR) is 105 cm³/mol. The fourth-order valence-corrected chi connectivity index (χ4v) is 2.82. The van der Waals surface area contributed by atoms with Crippen LogP contribution in [-0.4, -0.2) is 16.1 Å². The van der Waals surface area contributed by atoms with Crippen molar-refractivity contribution >= 4 is 29.0 Å². The van der Waals surface area contributed by atoms with Gasteiger partial charge in [-0.1, -0.05) is 35.9 Å². The summed E-state index contributed by atoms with van der Waals surface area (Å²) in [5, 5.41) is 14.7. The van der Waals surface area contributed by atoms with Crippen LogP contribution in [0.25, 0.3) is 0 Å². The van der Waals surface area contributed by atoms with Crippen molar-refractivity contribution in [1.82, 2.24) is 10.2 Å². The molecule has 0 saturated carbocycles. The van der Waals surface area contributed by atoms with Gasteiger partial charge in [0.05, 0.1) is 0 Å². The molecule has 26 heavy (non-hydrogen) atoms. The molecule has 2 aromatic carbocycles. The Labute approximate surface area is 157 Å². The molecule has 0 spiro atoms. The van der Waals surface area contributed by atoms with Crippen molar-refractivity contribution in [2.45, 2.75) is 20.4 Å². The molecular formula is C20H19ClN4O. The quantitative estimate of drug-likeness (QED) is 0.691. The highest BCUT2D eigenvalue weighted by atomic mass is 35.5. The molecule has 6 heteroatoms. The maximum Gasteiger partial charge on any atom is 0.276 e. The van der Waals surface area contributed by atoms with E-state index in [9.17, 15) is 4.79 Å². The van der Waals surface area contributed by atoms with Crippen LogP contribution >= 0.6 is 11.6 Å². The van der Waals surface area contributed by atoms with E-state index in [4.69, 9.17) is 11.6 Å². The average Bonchev–Trinajstić information content (AvgIpc) is 2.60. The number of carbonyl (C=O) groups is 1. The van der Waals surface area contributed by atoms with Gasteiger partial charge in [0.1, 0.15) is 5.82 Å². The van der Waals surface area contributed by atoms with Gasteiger partial charge in [-0.3, -0.25) is 4.79 Å². The first-order chi connectivity index (χ1) is 12.5. The van der Waals surface area contributed by atoms with Crippen LogP contribution < -0.4 is 10.6 Å². The Bertz CT molecular complexity index is 905. The lowest BCUT2D eigenvalue weighted by Gasteiger charge is -2.08. The molecule has 132 valence electrons. The van der Waals surface area contributed by atoms with E-state index in [2.05, 4.69) is 26.9 Å². The third-order valence-electron chi connectivity index (χ3n) is 3.79. The highest BCUT2D eigenvalue weighted by molar-refractivity contribution is 6.31. The van der Waals surface area contributed by atoms with Gasteiger partial charge in [-0.25, -0.2) is 0 Å². The molecule has 3 rings (SSSR count). The first-order valence-corrected chi connectivity index (χ1v) is 8.60. The highest BCUT2D eigenvalue weighted by Crippen LogP contribution is 2.17. The number of hydrogen-bond donors (Lipinski definition) is 2. The molecule has 0 unspecified atom stereocenters. The van der Waals surface area contributed by atoms with Gasteiger partial charge in [0.25, 0.3) is 5.91 Å². The van der Waals surface area contributed by atoms with Crippen LogP contribution in [0, 0.1) is 13.8 Å². The van der Waals surface area contributed by atoms with Crippen LogP contribution in [0.4, 0.5) is 11.5 Å². The molecule has 1 amide bonds. The standard InChI is InChI=1S/C20H19ClN4O/c1-13-9-14(2)11-16(10-13)23-20(26)18-7-8-19(25-24-18)22-12-15-5-3-4-6-17(15)21/h3-11H,12H2,1-2H3,(H,22,25)(H,23,26). The van der Waals surface area contributed by atoms with Gasteiger partial charge in [-0.05, 0) is 60.9 Å². The number of halogens is 1. The molecule has 0 fully saturated rings. The Morgan fingerprint density at radius 3 is 2.38 bits per heavy atom. The number of aromatic nitrogens is 2. The summed E-state index contributed by atoms with van der Waals surface area (Å²) in [4.78, 5) is 12.3. The van der Waals surface area contributed by atoms with E-state index in [1.54, 1.807) is 12.1 Å². The Kier molecular flexibility index (Phi) is 5.49. The van der Waals surface area contributed by atoms with Gasteiger partial charge in [-0.2, -0.15) is 0 Å². The van der Waals surface area contributed by atoms with E-state index in [0.717, 1.165) is 22.4 Å². The van der Waals surface area contributed by atoms with Gasteiger partial charge in [-0.15, -0.1) is 10.2 Å². The minimum Gasteiger partial charge on any atom is -0.364 e. The smallest absolute Gasteiger partial charge is 0.276 e. The summed E-state index contributed by atoms with van der Waals surface area (Å²) in [5.41, 5.74) is 4.14. The molecule has 5 nitrogen and oxygen atoms in total. The van der Waals surface area contributed by atoms with Crippen LogP contribution in [0.15, 0.2) is 54.6 Å². The predicted octanol–water partition coefficient (Wildman–Crippen LogP) is 4.61. The van der Waals surface area contributed by atoms with Crippen molar-refractivity contribution in [3.05, 3.63) is 82.0 Å². The zero-order chi connectivity index (χ0) is 18.5. The molecule has 1 heterocycles. The van der Waals surface area contributed by atoms with Crippen molar-refractivity contribution in [3.63, 3.8) is 0 Å². The zero-order valence-electron chi connectivity index (χ0n) is 14.6. The third-order valence-corrected chi connectivity index (χ3v) is 4.16. The topological polar surface area (TPSA) is 66.9 Å². The van der Waals surface area contributed by atoms with Gasteiger partial charge in [0.2, 0.25) is 0 Å². The van der Waals surface area contributed by atoms with Crippen molar-refractivity contribution in [1.29, 1.82) is 0 Å². The molecular weight excluding hydrogens is 348 g/mol. The van der Waals surface area contributed by atoms with Crippen LogP contribution in [0.2, 0.25) is 5.02 Å². The summed E-state index contributed by atoms with van der Waals surface area (Å²) in [6, 6.07) is 16.8. The Morgan fingerprint density at radius 2 is 1.73 bits per heavy atom. The number of aryl methyl sites for hydroxylation is 2. The third kappa shape index (κ3) is 4.58. The van der Waals surface area contributed by atoms with Crippen LogP contribution in [-0.2, 0) is 6.54 Å². The van der Waals surface area contributed by atoms with Crippen LogP contribution in [0.5, 0.6) is 0 Å². The van der Waals surface area contributed by atoms with E-state index < -0.39 is 0 Å². The number of rotatable bonds is 5. The number of hydrogen-bond acceptors (Lipinski definition) is 4. The summed E-state index contributed by atoms with van der Waals surface area (Å²) in [6.45, 7) is 4.51. The second-order valence-electron chi connectivity index (χ2n) is 6.08. The first-order valence-electron chi connectivity index (χ1n) is 8.22. The van der Waals surface area contributed by atoms with E-state index >= 15 is 0 Å². The minimum absolute atomic E-state index is 0.257. The van der Waals surface area contributed by atoms with E-state index in [1.165, 1.54) is 0 Å². The second kappa shape index (κ2) is 7.97. The Morgan fingerprint density at radius 1 is 1.00 bits per heavy atom. The molecule has 0 radical (unpaired) electrons. The molecule has 0 aliphatic heterocycles. The summed E-state index contributed by atoms with van der Waals surface area (Å²) in [7, 11) is 0. The van der Waals surface area contributed by atoms with Gasteiger partial charge < -0.3 is 10.6 Å². The molecule has 0 aliphatic rings. The summed E-state index contributed by atoms with van der Waals surface area (Å²) in [6.07, 6.45) is 0. The lowest BCUT2D eigenvalue weighted by Crippen LogP contribution is -2.15. The highest BCUT2D eigenvalue weighted by Gasteiger charge is 2.09. The lowest BCUT2D eigenvalue weighted by molar-refractivity contribution is 0.102. The Balaban J connectivity index is 1.63. The number of carbonyl (C=O) groups excluding carboxylic acids is 1. The number of benzene rings is 2. The molecule has 1 aromatic heterocycles. The fourth-order valence-electron chi connectivity index (χ4n) is 2.62. The summed E-state index contributed by atoms with van der Waals surface area (Å²) < 4.78 is 0. The van der Waals surface area contributed by atoms with E-state index in [0.29, 0.717) is 17.4 Å². The van der Waals surface area contributed by atoms with Crippen LogP contribution in [0.3, 0.4) is 0 Å². The number of anilines is 2. The first kappa shape index (κ1) is 17.9. The summed E-state index contributed by atoms with van der Waals surface area (Å²) >= 11 is 6.13. The largest absolute Gasteiger partial charge is 0.364 e. The molecule has 0 atom stereocenters. The number of nitrogens with zero attached hydrogens (tertiary/aromatic N) is 2. The van der Waals surface area contributed by atoms with Gasteiger partial charge >= 0.3 is 0 Å². The maximum absolute atomic E-state index is 12.3. The van der Waals surface area contributed by atoms with Crippen molar-refractivity contribution < 1.29 is 4.79 Å². The van der Waals surface area contributed by atoms with Crippen LogP contribution in [0.1, 0.15) is 27.2 Å². The molecule has 0 saturated heterocycles.